The van der Waals surface area contributed by atoms with E-state index < -0.39 is 11.8 Å². The summed E-state index contributed by atoms with van der Waals surface area (Å²) in [5.74, 6) is -1.69. The molecule has 3 nitrogen and oxygen atoms in total. The molecule has 0 fully saturated rings. The predicted molar refractivity (Wildman–Crippen MR) is 42.9 cm³/mol. The SMILES string of the molecule is CNc1ccc(C(=O)O)cc1F. The summed E-state index contributed by atoms with van der Waals surface area (Å²) in [6.45, 7) is 0. The summed E-state index contributed by atoms with van der Waals surface area (Å²) >= 11 is 0. The molecule has 0 amide bonds. The third kappa shape index (κ3) is 1.53. The van der Waals surface area contributed by atoms with Gasteiger partial charge in [-0.1, -0.05) is 0 Å². The molecular weight excluding hydrogens is 161 g/mol. The van der Waals surface area contributed by atoms with Crippen LogP contribution in [0, 0.1) is 5.82 Å². The van der Waals surface area contributed by atoms with Crippen LogP contribution in [0.5, 0.6) is 0 Å². The normalized spacial score (nSPS) is 9.50. The molecule has 0 atom stereocenters. The Kier molecular flexibility index (Phi) is 2.28. The van der Waals surface area contributed by atoms with Gasteiger partial charge < -0.3 is 10.4 Å². The molecule has 0 saturated carbocycles. The Morgan fingerprint density at radius 2 is 2.25 bits per heavy atom. The van der Waals surface area contributed by atoms with Crippen molar-refractivity contribution in [3.8, 4) is 0 Å². The fourth-order valence-electron chi connectivity index (χ4n) is 0.851. The zero-order chi connectivity index (χ0) is 9.14. The lowest BCUT2D eigenvalue weighted by atomic mass is 10.2. The Hall–Kier alpha value is -1.58. The maximum Gasteiger partial charge on any atom is 0.335 e. The first-order chi connectivity index (χ1) is 5.65. The fourth-order valence-corrected chi connectivity index (χ4v) is 0.851. The van der Waals surface area contributed by atoms with Crippen molar-refractivity contribution in [2.75, 3.05) is 12.4 Å². The summed E-state index contributed by atoms with van der Waals surface area (Å²) in [6, 6.07) is 3.71. The van der Waals surface area contributed by atoms with Crippen LogP contribution in [0.15, 0.2) is 18.2 Å². The smallest absolute Gasteiger partial charge is 0.335 e. The van der Waals surface area contributed by atoms with Crippen molar-refractivity contribution in [3.63, 3.8) is 0 Å². The molecule has 12 heavy (non-hydrogen) atoms. The van der Waals surface area contributed by atoms with Gasteiger partial charge in [-0.3, -0.25) is 0 Å². The minimum absolute atomic E-state index is 0.0495. The van der Waals surface area contributed by atoms with E-state index >= 15 is 0 Å². The second kappa shape index (κ2) is 3.21. The molecular formula is C8H8FNO2. The van der Waals surface area contributed by atoms with E-state index in [0.717, 1.165) is 6.07 Å². The highest BCUT2D eigenvalue weighted by molar-refractivity contribution is 5.88. The molecule has 0 aliphatic heterocycles. The van der Waals surface area contributed by atoms with Crippen LogP contribution in [-0.4, -0.2) is 18.1 Å². The molecule has 0 radical (unpaired) electrons. The Balaban J connectivity index is 3.10. The molecule has 0 aromatic heterocycles. The second-order valence-electron chi connectivity index (χ2n) is 2.25. The number of nitrogens with one attached hydrogen (secondary N) is 1. The van der Waals surface area contributed by atoms with E-state index in [0.29, 0.717) is 5.69 Å². The number of carboxylic acids is 1. The zero-order valence-corrected chi connectivity index (χ0v) is 6.47. The van der Waals surface area contributed by atoms with Gasteiger partial charge in [0.1, 0.15) is 5.82 Å². The molecule has 0 saturated heterocycles. The number of anilines is 1. The van der Waals surface area contributed by atoms with Crippen LogP contribution in [0.4, 0.5) is 10.1 Å². The fraction of sp³-hybridized carbons (Fsp3) is 0.125. The van der Waals surface area contributed by atoms with Gasteiger partial charge in [-0.25, -0.2) is 9.18 Å². The van der Waals surface area contributed by atoms with Gasteiger partial charge in [-0.2, -0.15) is 0 Å². The largest absolute Gasteiger partial charge is 0.478 e. The molecule has 64 valence electrons. The van der Waals surface area contributed by atoms with Crippen molar-refractivity contribution in [3.05, 3.63) is 29.6 Å². The van der Waals surface area contributed by atoms with Crippen molar-refractivity contribution in [1.29, 1.82) is 0 Å². The molecule has 1 rings (SSSR count). The van der Waals surface area contributed by atoms with Crippen molar-refractivity contribution in [2.24, 2.45) is 0 Å². The first-order valence-electron chi connectivity index (χ1n) is 3.35. The predicted octanol–water partition coefficient (Wildman–Crippen LogP) is 1.57. The van der Waals surface area contributed by atoms with Gasteiger partial charge in [-0.05, 0) is 18.2 Å². The van der Waals surface area contributed by atoms with Gasteiger partial charge in [0.15, 0.2) is 0 Å². The molecule has 2 N–H and O–H groups in total. The van der Waals surface area contributed by atoms with Gasteiger partial charge in [0.05, 0.1) is 11.3 Å². The lowest BCUT2D eigenvalue weighted by molar-refractivity contribution is 0.0696. The van der Waals surface area contributed by atoms with Crippen molar-refractivity contribution < 1.29 is 14.3 Å². The van der Waals surface area contributed by atoms with Crippen LogP contribution in [-0.2, 0) is 0 Å². The molecule has 1 aromatic rings. The van der Waals surface area contributed by atoms with Crippen LogP contribution in [0.1, 0.15) is 10.4 Å². The first kappa shape index (κ1) is 8.52. The molecule has 0 heterocycles. The Morgan fingerprint density at radius 1 is 1.58 bits per heavy atom. The van der Waals surface area contributed by atoms with Crippen LogP contribution in [0.3, 0.4) is 0 Å². The maximum atomic E-state index is 12.9. The van der Waals surface area contributed by atoms with Crippen LogP contribution in [0.25, 0.3) is 0 Å². The number of hydrogen-bond acceptors (Lipinski definition) is 2. The van der Waals surface area contributed by atoms with Gasteiger partial charge in [0, 0.05) is 7.05 Å². The highest BCUT2D eigenvalue weighted by Gasteiger charge is 2.06. The second-order valence-corrected chi connectivity index (χ2v) is 2.25. The standard InChI is InChI=1S/C8H8FNO2/c1-10-7-3-2-5(8(11)12)4-6(7)9/h2-4,10H,1H3,(H,11,12). The third-order valence-electron chi connectivity index (χ3n) is 1.49. The highest BCUT2D eigenvalue weighted by atomic mass is 19.1. The minimum Gasteiger partial charge on any atom is -0.478 e. The van der Waals surface area contributed by atoms with Gasteiger partial charge in [0.2, 0.25) is 0 Å². The number of halogens is 1. The molecule has 0 bridgehead atoms. The molecule has 0 unspecified atom stereocenters. The van der Waals surface area contributed by atoms with E-state index in [2.05, 4.69) is 5.32 Å². The van der Waals surface area contributed by atoms with E-state index in [4.69, 9.17) is 5.11 Å². The average Bonchev–Trinajstić information content (AvgIpc) is 2.04. The number of carboxylic acid groups (broad SMARTS) is 1. The summed E-state index contributed by atoms with van der Waals surface area (Å²) in [5.41, 5.74) is 0.242. The highest BCUT2D eigenvalue weighted by Crippen LogP contribution is 2.14. The van der Waals surface area contributed by atoms with Gasteiger partial charge in [-0.15, -0.1) is 0 Å². The summed E-state index contributed by atoms with van der Waals surface area (Å²) in [7, 11) is 1.57. The minimum atomic E-state index is -1.13. The number of aromatic carboxylic acids is 1. The number of carbonyl (C=O) groups is 1. The van der Waals surface area contributed by atoms with Crippen molar-refractivity contribution >= 4 is 11.7 Å². The lowest BCUT2D eigenvalue weighted by Crippen LogP contribution is -1.99. The Labute approximate surface area is 68.8 Å². The van der Waals surface area contributed by atoms with Gasteiger partial charge in [0.25, 0.3) is 0 Å². The van der Waals surface area contributed by atoms with Crippen molar-refractivity contribution in [2.45, 2.75) is 0 Å². The lowest BCUT2D eigenvalue weighted by Gasteiger charge is -2.01. The number of hydrogen-bond donors (Lipinski definition) is 2. The Bertz CT molecular complexity index is 312. The molecule has 0 spiro atoms. The third-order valence-corrected chi connectivity index (χ3v) is 1.49. The van der Waals surface area contributed by atoms with Crippen LogP contribution >= 0.6 is 0 Å². The molecule has 0 aliphatic carbocycles. The van der Waals surface area contributed by atoms with Crippen LogP contribution < -0.4 is 5.32 Å². The summed E-state index contributed by atoms with van der Waals surface area (Å²) in [4.78, 5) is 10.4. The number of benzene rings is 1. The van der Waals surface area contributed by atoms with E-state index in [9.17, 15) is 9.18 Å². The topological polar surface area (TPSA) is 49.3 Å². The van der Waals surface area contributed by atoms with E-state index in [1.54, 1.807) is 7.05 Å². The van der Waals surface area contributed by atoms with E-state index in [1.165, 1.54) is 12.1 Å². The first-order valence-corrected chi connectivity index (χ1v) is 3.35. The number of rotatable bonds is 2. The van der Waals surface area contributed by atoms with Crippen molar-refractivity contribution in [1.82, 2.24) is 0 Å². The maximum absolute atomic E-state index is 12.9. The molecule has 0 aliphatic rings. The van der Waals surface area contributed by atoms with Crippen LogP contribution in [0.2, 0.25) is 0 Å². The monoisotopic (exact) mass is 169 g/mol. The van der Waals surface area contributed by atoms with Gasteiger partial charge >= 0.3 is 5.97 Å². The summed E-state index contributed by atoms with van der Waals surface area (Å²) in [6.07, 6.45) is 0. The van der Waals surface area contributed by atoms with E-state index in [-0.39, 0.29) is 5.56 Å². The molecule has 4 heteroatoms. The quantitative estimate of drug-likeness (QED) is 0.706. The summed E-state index contributed by atoms with van der Waals surface area (Å²) < 4.78 is 12.9. The Morgan fingerprint density at radius 3 is 2.67 bits per heavy atom. The summed E-state index contributed by atoms with van der Waals surface area (Å²) in [5, 5.41) is 11.1. The van der Waals surface area contributed by atoms with E-state index in [1.807, 2.05) is 0 Å². The average molecular weight is 169 g/mol. The zero-order valence-electron chi connectivity index (χ0n) is 6.47. The molecule has 1 aromatic carbocycles.